The van der Waals surface area contributed by atoms with E-state index in [1.54, 1.807) is 4.90 Å². The summed E-state index contributed by atoms with van der Waals surface area (Å²) in [7, 11) is 0. The summed E-state index contributed by atoms with van der Waals surface area (Å²) in [5.41, 5.74) is 0. The average molecular weight is 218 g/mol. The van der Waals surface area contributed by atoms with Crippen LogP contribution in [-0.4, -0.2) is 52.9 Å². The Labute approximate surface area is 88.9 Å². The molecule has 3 N–H and O–H groups in total. The van der Waals surface area contributed by atoms with Gasteiger partial charge in [0.15, 0.2) is 6.10 Å². The Hall–Kier alpha value is -1.30. The molecule has 2 amide bonds. The number of carboxylic acids is 1. The molecule has 0 spiro atoms. The average Bonchev–Trinajstić information content (AvgIpc) is 2.21. The number of aliphatic carboxylic acids is 1. The van der Waals surface area contributed by atoms with E-state index in [-0.39, 0.29) is 12.6 Å². The van der Waals surface area contributed by atoms with Crippen molar-refractivity contribution in [3.05, 3.63) is 0 Å². The molecule has 0 fully saturated rings. The van der Waals surface area contributed by atoms with Crippen LogP contribution in [-0.2, 0) is 4.79 Å². The van der Waals surface area contributed by atoms with Crippen molar-refractivity contribution in [1.29, 1.82) is 0 Å². The lowest BCUT2D eigenvalue weighted by Crippen LogP contribution is -2.44. The molecule has 0 bridgehead atoms. The van der Waals surface area contributed by atoms with Crippen molar-refractivity contribution in [1.82, 2.24) is 10.2 Å². The molecule has 88 valence electrons. The van der Waals surface area contributed by atoms with Crippen LogP contribution in [0.3, 0.4) is 0 Å². The predicted octanol–water partition coefficient (Wildman–Crippen LogP) is -0.127. The van der Waals surface area contributed by atoms with Crippen LogP contribution in [0.2, 0.25) is 0 Å². The van der Waals surface area contributed by atoms with Crippen LogP contribution in [0, 0.1) is 0 Å². The molecular formula is C9H18N2O4. The third-order valence-corrected chi connectivity index (χ3v) is 1.89. The van der Waals surface area contributed by atoms with E-state index >= 15 is 0 Å². The summed E-state index contributed by atoms with van der Waals surface area (Å²) >= 11 is 0. The Morgan fingerprint density at radius 1 is 1.40 bits per heavy atom. The lowest BCUT2D eigenvalue weighted by molar-refractivity contribution is -0.146. The molecule has 0 aromatic rings. The number of nitrogens with one attached hydrogen (secondary N) is 1. The Morgan fingerprint density at radius 2 is 2.00 bits per heavy atom. The monoisotopic (exact) mass is 218 g/mol. The Morgan fingerprint density at radius 3 is 2.40 bits per heavy atom. The molecule has 0 aliphatic carbocycles. The zero-order valence-corrected chi connectivity index (χ0v) is 9.06. The van der Waals surface area contributed by atoms with Gasteiger partial charge < -0.3 is 20.4 Å². The quantitative estimate of drug-likeness (QED) is 0.579. The Balaban J connectivity index is 3.95. The van der Waals surface area contributed by atoms with E-state index in [0.29, 0.717) is 13.1 Å². The molecule has 15 heavy (non-hydrogen) atoms. The van der Waals surface area contributed by atoms with Crippen molar-refractivity contribution in [2.45, 2.75) is 26.4 Å². The lowest BCUT2D eigenvalue weighted by atomic mass is 10.3. The third kappa shape index (κ3) is 5.21. The summed E-state index contributed by atoms with van der Waals surface area (Å²) in [5.74, 6) is -1.34. The van der Waals surface area contributed by atoms with Crippen LogP contribution >= 0.6 is 0 Å². The van der Waals surface area contributed by atoms with E-state index in [0.717, 1.165) is 6.42 Å². The number of aliphatic hydroxyl groups excluding tert-OH is 1. The number of rotatable bonds is 6. The number of hydrogen-bond acceptors (Lipinski definition) is 3. The molecule has 0 radical (unpaired) electrons. The Bertz CT molecular complexity index is 220. The number of amides is 2. The van der Waals surface area contributed by atoms with Gasteiger partial charge in [-0.05, 0) is 13.3 Å². The van der Waals surface area contributed by atoms with Crippen LogP contribution in [0.1, 0.15) is 20.3 Å². The standard InChI is InChI=1S/C9H18N2O4/c1-3-5-11(4-2)9(15)10-6-7(12)8(13)14/h7,12H,3-6H2,1-2H3,(H,10,15)(H,13,14)/t7-/m0/s1. The fourth-order valence-corrected chi connectivity index (χ4v) is 1.06. The largest absolute Gasteiger partial charge is 0.479 e. The predicted molar refractivity (Wildman–Crippen MR) is 54.6 cm³/mol. The first-order valence-electron chi connectivity index (χ1n) is 4.96. The summed E-state index contributed by atoms with van der Waals surface area (Å²) in [6.07, 6.45) is -0.711. The highest BCUT2D eigenvalue weighted by atomic mass is 16.4. The van der Waals surface area contributed by atoms with Crippen LogP contribution in [0.25, 0.3) is 0 Å². The number of aliphatic hydroxyl groups is 1. The van der Waals surface area contributed by atoms with Crippen LogP contribution in [0.4, 0.5) is 4.79 Å². The molecule has 0 saturated heterocycles. The smallest absolute Gasteiger partial charge is 0.334 e. The summed E-state index contributed by atoms with van der Waals surface area (Å²) < 4.78 is 0. The van der Waals surface area contributed by atoms with Gasteiger partial charge in [-0.1, -0.05) is 6.92 Å². The van der Waals surface area contributed by atoms with Gasteiger partial charge in [0, 0.05) is 13.1 Å². The minimum atomic E-state index is -1.55. The molecule has 6 heteroatoms. The van der Waals surface area contributed by atoms with E-state index < -0.39 is 12.1 Å². The van der Waals surface area contributed by atoms with Crippen molar-refractivity contribution in [2.75, 3.05) is 19.6 Å². The van der Waals surface area contributed by atoms with Gasteiger partial charge in [0.25, 0.3) is 0 Å². The minimum absolute atomic E-state index is 0.269. The van der Waals surface area contributed by atoms with Crippen LogP contribution < -0.4 is 5.32 Å². The first kappa shape index (κ1) is 13.7. The second kappa shape index (κ2) is 7.05. The number of carboxylic acid groups (broad SMARTS) is 1. The van der Waals surface area contributed by atoms with Crippen LogP contribution in [0.5, 0.6) is 0 Å². The zero-order valence-electron chi connectivity index (χ0n) is 9.06. The van der Waals surface area contributed by atoms with Crippen molar-refractivity contribution in [2.24, 2.45) is 0 Å². The molecule has 0 aliphatic rings. The molecule has 0 aromatic carbocycles. The van der Waals surface area contributed by atoms with Crippen LogP contribution in [0.15, 0.2) is 0 Å². The summed E-state index contributed by atoms with van der Waals surface area (Å²) in [5, 5.41) is 19.7. The number of carbonyl (C=O) groups is 2. The maximum absolute atomic E-state index is 11.4. The first-order chi connectivity index (χ1) is 7.02. The second-order valence-corrected chi connectivity index (χ2v) is 3.12. The zero-order chi connectivity index (χ0) is 11.8. The molecule has 0 rings (SSSR count). The highest BCUT2D eigenvalue weighted by Gasteiger charge is 2.16. The van der Waals surface area contributed by atoms with Gasteiger partial charge in [-0.2, -0.15) is 0 Å². The highest BCUT2D eigenvalue weighted by Crippen LogP contribution is 1.92. The topological polar surface area (TPSA) is 89.9 Å². The molecule has 6 nitrogen and oxygen atoms in total. The molecule has 1 atom stereocenters. The van der Waals surface area contributed by atoms with Gasteiger partial charge in [0.2, 0.25) is 0 Å². The second-order valence-electron chi connectivity index (χ2n) is 3.12. The van der Waals surface area contributed by atoms with Crippen molar-refractivity contribution >= 4 is 12.0 Å². The first-order valence-corrected chi connectivity index (χ1v) is 4.96. The van der Waals surface area contributed by atoms with Gasteiger partial charge in [-0.25, -0.2) is 9.59 Å². The molecule has 0 aromatic heterocycles. The van der Waals surface area contributed by atoms with E-state index in [1.807, 2.05) is 13.8 Å². The number of carbonyl (C=O) groups excluding carboxylic acids is 1. The Kier molecular flexibility index (Phi) is 6.44. The number of hydrogen-bond donors (Lipinski definition) is 3. The van der Waals surface area contributed by atoms with Crippen molar-refractivity contribution in [3.8, 4) is 0 Å². The molecule has 0 saturated carbocycles. The van der Waals surface area contributed by atoms with Crippen molar-refractivity contribution in [3.63, 3.8) is 0 Å². The summed E-state index contributed by atoms with van der Waals surface area (Å²) in [6, 6.07) is -0.348. The molecule has 0 heterocycles. The van der Waals surface area contributed by atoms with Crippen molar-refractivity contribution < 1.29 is 19.8 Å². The van der Waals surface area contributed by atoms with E-state index in [1.165, 1.54) is 0 Å². The fourth-order valence-electron chi connectivity index (χ4n) is 1.06. The van der Waals surface area contributed by atoms with E-state index in [4.69, 9.17) is 10.2 Å². The van der Waals surface area contributed by atoms with Gasteiger partial charge in [0.05, 0.1) is 6.54 Å². The maximum Gasteiger partial charge on any atom is 0.334 e. The number of urea groups is 1. The van der Waals surface area contributed by atoms with Gasteiger partial charge in [-0.15, -0.1) is 0 Å². The highest BCUT2D eigenvalue weighted by molar-refractivity contribution is 5.76. The summed E-state index contributed by atoms with van der Waals surface area (Å²) in [4.78, 5) is 23.2. The van der Waals surface area contributed by atoms with E-state index in [2.05, 4.69) is 5.32 Å². The molecular weight excluding hydrogens is 200 g/mol. The SMILES string of the molecule is CCCN(CC)C(=O)NC[C@H](O)C(=O)O. The molecule has 0 aliphatic heterocycles. The van der Waals surface area contributed by atoms with Gasteiger partial charge >= 0.3 is 12.0 Å². The van der Waals surface area contributed by atoms with Gasteiger partial charge in [-0.3, -0.25) is 0 Å². The minimum Gasteiger partial charge on any atom is -0.479 e. The van der Waals surface area contributed by atoms with E-state index in [9.17, 15) is 9.59 Å². The molecule has 0 unspecified atom stereocenters. The maximum atomic E-state index is 11.4. The summed E-state index contributed by atoms with van der Waals surface area (Å²) in [6.45, 7) is 4.69. The fraction of sp³-hybridized carbons (Fsp3) is 0.778. The number of nitrogens with zero attached hydrogens (tertiary/aromatic N) is 1. The lowest BCUT2D eigenvalue weighted by Gasteiger charge is -2.20. The normalized spacial score (nSPS) is 11.9. The third-order valence-electron chi connectivity index (χ3n) is 1.89. The van der Waals surface area contributed by atoms with Gasteiger partial charge in [0.1, 0.15) is 0 Å².